The van der Waals surface area contributed by atoms with Crippen LogP contribution in [0.5, 0.6) is 11.6 Å². The Morgan fingerprint density at radius 1 is 1.11 bits per heavy atom. The van der Waals surface area contributed by atoms with Crippen LogP contribution in [0.25, 0.3) is 0 Å². The van der Waals surface area contributed by atoms with Crippen LogP contribution in [0.15, 0.2) is 53.7 Å². The number of nitrogens with zero attached hydrogens (tertiary/aromatic N) is 5. The molecule has 0 N–H and O–H groups in total. The topological polar surface area (TPSA) is 97.8 Å². The summed E-state index contributed by atoms with van der Waals surface area (Å²) >= 11 is 0. The molecule has 1 atom stereocenters. The van der Waals surface area contributed by atoms with E-state index in [-0.39, 0.29) is 19.2 Å². The Hall–Kier alpha value is -3.24. The summed E-state index contributed by atoms with van der Waals surface area (Å²) in [5, 5.41) is 0. The predicted octanol–water partition coefficient (Wildman–Crippen LogP) is 3.41. The number of rotatable bonds is 10. The number of aromatic nitrogens is 3. The predicted molar refractivity (Wildman–Crippen MR) is 138 cm³/mol. The van der Waals surface area contributed by atoms with E-state index in [1.807, 2.05) is 24.4 Å². The summed E-state index contributed by atoms with van der Waals surface area (Å²) in [6.45, 7) is 4.77. The molecular weight excluding hydrogens is 478 g/mol. The maximum Gasteiger partial charge on any atom is 0.243 e. The van der Waals surface area contributed by atoms with Crippen LogP contribution in [0.1, 0.15) is 29.7 Å². The van der Waals surface area contributed by atoms with Crippen LogP contribution in [0.3, 0.4) is 0 Å². The Morgan fingerprint density at radius 2 is 1.89 bits per heavy atom. The maximum atomic E-state index is 13.2. The van der Waals surface area contributed by atoms with E-state index >= 15 is 0 Å². The van der Waals surface area contributed by atoms with Crippen LogP contribution in [-0.4, -0.2) is 67.6 Å². The highest BCUT2D eigenvalue weighted by molar-refractivity contribution is 7.89. The van der Waals surface area contributed by atoms with Crippen molar-refractivity contribution in [2.75, 3.05) is 38.8 Å². The third-order valence-electron chi connectivity index (χ3n) is 6.42. The lowest BCUT2D eigenvalue weighted by Crippen LogP contribution is -2.33. The summed E-state index contributed by atoms with van der Waals surface area (Å²) in [5.41, 5.74) is 2.34. The summed E-state index contributed by atoms with van der Waals surface area (Å²) < 4.78 is 38.8. The van der Waals surface area contributed by atoms with Crippen molar-refractivity contribution in [2.24, 2.45) is 0 Å². The number of methoxy groups -OCH3 is 1. The molecule has 1 fully saturated rings. The molecule has 0 saturated carbocycles. The average molecular weight is 512 g/mol. The molecule has 9 nitrogen and oxygen atoms in total. The summed E-state index contributed by atoms with van der Waals surface area (Å²) in [5.74, 6) is 1.68. The summed E-state index contributed by atoms with van der Waals surface area (Å²) in [6, 6.07) is 11.4. The Morgan fingerprint density at radius 3 is 2.58 bits per heavy atom. The maximum absolute atomic E-state index is 13.2. The molecule has 4 rings (SSSR count). The zero-order valence-electron chi connectivity index (χ0n) is 21.2. The first-order valence-corrected chi connectivity index (χ1v) is 13.5. The summed E-state index contributed by atoms with van der Waals surface area (Å²) in [6.07, 6.45) is 6.45. The highest BCUT2D eigenvalue weighted by Gasteiger charge is 2.28. The van der Waals surface area contributed by atoms with Crippen molar-refractivity contribution < 1.29 is 17.9 Å². The lowest BCUT2D eigenvalue weighted by molar-refractivity contribution is 0.277. The molecule has 0 bridgehead atoms. The van der Waals surface area contributed by atoms with Gasteiger partial charge in [-0.05, 0) is 62.1 Å². The van der Waals surface area contributed by atoms with E-state index in [4.69, 9.17) is 9.47 Å². The number of likely N-dealkylation sites (N-methyl/N-ethyl adjacent to an activating group) is 1. The molecule has 0 aliphatic carbocycles. The van der Waals surface area contributed by atoms with Crippen molar-refractivity contribution in [3.63, 3.8) is 0 Å². The van der Waals surface area contributed by atoms with E-state index in [1.54, 1.807) is 52.4 Å². The van der Waals surface area contributed by atoms with Gasteiger partial charge in [-0.15, -0.1) is 0 Å². The Labute approximate surface area is 213 Å². The van der Waals surface area contributed by atoms with Crippen LogP contribution in [0, 0.1) is 13.8 Å². The van der Waals surface area contributed by atoms with E-state index in [2.05, 4.69) is 19.9 Å². The smallest absolute Gasteiger partial charge is 0.243 e. The van der Waals surface area contributed by atoms with Crippen molar-refractivity contribution in [1.29, 1.82) is 0 Å². The molecule has 192 valence electrons. The van der Waals surface area contributed by atoms with Gasteiger partial charge in [0.25, 0.3) is 0 Å². The molecule has 0 spiro atoms. The highest BCUT2D eigenvalue weighted by atomic mass is 32.2. The number of anilines is 1. The zero-order valence-corrected chi connectivity index (χ0v) is 22.0. The highest BCUT2D eigenvalue weighted by Crippen LogP contribution is 2.28. The van der Waals surface area contributed by atoms with Gasteiger partial charge in [0.15, 0.2) is 0 Å². The normalized spacial score (nSPS) is 15.9. The monoisotopic (exact) mass is 511 g/mol. The van der Waals surface area contributed by atoms with Crippen LogP contribution < -0.4 is 14.4 Å². The van der Waals surface area contributed by atoms with Crippen LogP contribution >= 0.6 is 0 Å². The van der Waals surface area contributed by atoms with Gasteiger partial charge < -0.3 is 14.4 Å². The van der Waals surface area contributed by atoms with Gasteiger partial charge in [0.1, 0.15) is 12.4 Å². The number of hydrogen-bond donors (Lipinski definition) is 0. The van der Waals surface area contributed by atoms with Crippen molar-refractivity contribution in [2.45, 2.75) is 44.0 Å². The molecule has 1 aliphatic rings. The van der Waals surface area contributed by atoms with Gasteiger partial charge in [0.05, 0.1) is 12.0 Å². The van der Waals surface area contributed by atoms with Crippen LogP contribution in [0.2, 0.25) is 0 Å². The van der Waals surface area contributed by atoms with Gasteiger partial charge in [0.2, 0.25) is 21.9 Å². The SMILES string of the molecule is COc1cc(C)c(S(=O)(=O)N(C)CCOc2ccnc(N3CCCC3Cc3ccccn3)n2)c(C)c1. The second-order valence-electron chi connectivity index (χ2n) is 8.97. The van der Waals surface area contributed by atoms with Gasteiger partial charge in [-0.2, -0.15) is 9.29 Å². The molecule has 10 heteroatoms. The Balaban J connectivity index is 1.39. The van der Waals surface area contributed by atoms with Crippen LogP contribution in [-0.2, 0) is 16.4 Å². The third kappa shape index (κ3) is 5.76. The molecule has 36 heavy (non-hydrogen) atoms. The fraction of sp³-hybridized carbons (Fsp3) is 0.423. The molecule has 0 amide bonds. The van der Waals surface area contributed by atoms with Gasteiger partial charge in [-0.25, -0.2) is 13.4 Å². The van der Waals surface area contributed by atoms with Crippen LogP contribution in [0.4, 0.5) is 5.95 Å². The van der Waals surface area contributed by atoms with Gasteiger partial charge >= 0.3 is 0 Å². The van der Waals surface area contributed by atoms with Gasteiger partial charge in [-0.1, -0.05) is 6.07 Å². The van der Waals surface area contributed by atoms with E-state index in [1.165, 1.54) is 4.31 Å². The van der Waals surface area contributed by atoms with Crippen molar-refractivity contribution in [3.05, 3.63) is 65.6 Å². The number of sulfonamides is 1. The van der Waals surface area contributed by atoms with Gasteiger partial charge in [-0.3, -0.25) is 4.98 Å². The molecule has 1 saturated heterocycles. The minimum absolute atomic E-state index is 0.164. The first-order valence-electron chi connectivity index (χ1n) is 12.0. The largest absolute Gasteiger partial charge is 0.497 e. The fourth-order valence-electron chi connectivity index (χ4n) is 4.61. The lowest BCUT2D eigenvalue weighted by atomic mass is 10.1. The second-order valence-corrected chi connectivity index (χ2v) is 11.0. The Bertz CT molecular complexity index is 1260. The van der Waals surface area contributed by atoms with Crippen molar-refractivity contribution >= 4 is 16.0 Å². The Kier molecular flexibility index (Phi) is 8.05. The summed E-state index contributed by atoms with van der Waals surface area (Å²) in [7, 11) is -0.568. The van der Waals surface area contributed by atoms with E-state index in [9.17, 15) is 8.42 Å². The molecule has 1 unspecified atom stereocenters. The minimum Gasteiger partial charge on any atom is -0.497 e. The van der Waals surface area contributed by atoms with Crippen molar-refractivity contribution in [3.8, 4) is 11.6 Å². The first kappa shape index (κ1) is 25.8. The van der Waals surface area contributed by atoms with E-state index < -0.39 is 10.0 Å². The molecule has 3 aromatic rings. The van der Waals surface area contributed by atoms with E-state index in [0.717, 1.165) is 31.5 Å². The first-order chi connectivity index (χ1) is 17.3. The zero-order chi connectivity index (χ0) is 25.7. The second kappa shape index (κ2) is 11.2. The number of hydrogen-bond acceptors (Lipinski definition) is 8. The lowest BCUT2D eigenvalue weighted by Gasteiger charge is -2.24. The van der Waals surface area contributed by atoms with Gasteiger partial charge in [0, 0.05) is 56.8 Å². The molecule has 1 aliphatic heterocycles. The number of pyridine rings is 1. The molecule has 1 aromatic carbocycles. The van der Waals surface area contributed by atoms with E-state index in [0.29, 0.717) is 33.6 Å². The third-order valence-corrected chi connectivity index (χ3v) is 8.58. The number of aryl methyl sites for hydroxylation is 2. The molecule has 0 radical (unpaired) electrons. The molecule has 3 heterocycles. The fourth-order valence-corrected chi connectivity index (χ4v) is 6.17. The standard InChI is InChI=1S/C26H33N5O4S/c1-19-16-23(34-4)17-20(2)25(19)36(32,33)30(3)14-15-35-24-10-12-28-26(29-24)31-13-7-9-22(31)18-21-8-5-6-11-27-21/h5-6,8,10-12,16-17,22H,7,9,13-15,18H2,1-4H3. The average Bonchev–Trinajstić information content (AvgIpc) is 3.32. The molecule has 2 aromatic heterocycles. The number of benzene rings is 1. The quantitative estimate of drug-likeness (QED) is 0.409. The number of ether oxygens (including phenoxy) is 2. The molecular formula is C26H33N5O4S. The summed E-state index contributed by atoms with van der Waals surface area (Å²) in [4.78, 5) is 16.0. The van der Waals surface area contributed by atoms with Crippen molar-refractivity contribution in [1.82, 2.24) is 19.3 Å². The minimum atomic E-state index is -3.69.